The van der Waals surface area contributed by atoms with Crippen LogP contribution in [0.4, 0.5) is 0 Å². The van der Waals surface area contributed by atoms with Crippen LogP contribution in [0.3, 0.4) is 0 Å². The highest BCUT2D eigenvalue weighted by atomic mass is 16.2. The number of nitrogens with one attached hydrogen (secondary N) is 1. The minimum absolute atomic E-state index is 0.0690. The van der Waals surface area contributed by atoms with Gasteiger partial charge in [0.15, 0.2) is 0 Å². The molecule has 1 atom stereocenters. The van der Waals surface area contributed by atoms with E-state index >= 15 is 0 Å². The van der Waals surface area contributed by atoms with Crippen LogP contribution in [0, 0.1) is 5.92 Å². The number of hydrogen-bond donors (Lipinski definition) is 1. The van der Waals surface area contributed by atoms with Gasteiger partial charge in [0.25, 0.3) is 0 Å². The maximum absolute atomic E-state index is 12.9. The van der Waals surface area contributed by atoms with Crippen molar-refractivity contribution in [1.29, 1.82) is 0 Å². The van der Waals surface area contributed by atoms with E-state index in [1.165, 1.54) is 0 Å². The second kappa shape index (κ2) is 9.00. The van der Waals surface area contributed by atoms with Crippen molar-refractivity contribution in [3.05, 3.63) is 48.0 Å². The molecular weight excluding hydrogens is 338 g/mol. The standard InChI is InChI=1S/C22H29N3O2/c1-24(2)14-12-23-22(27)19-10-6-13-25(16-19)21(26)15-18-9-5-8-17-7-3-4-11-20(17)18/h3-5,7-9,11,19H,6,10,12-16H2,1-2H3,(H,23,27). The van der Waals surface area contributed by atoms with E-state index in [1.807, 2.05) is 48.2 Å². The molecule has 1 aliphatic heterocycles. The molecule has 0 aliphatic carbocycles. The number of hydrogen-bond acceptors (Lipinski definition) is 3. The average Bonchev–Trinajstić information content (AvgIpc) is 2.68. The molecule has 1 fully saturated rings. The normalized spacial score (nSPS) is 17.3. The summed E-state index contributed by atoms with van der Waals surface area (Å²) in [7, 11) is 3.97. The van der Waals surface area contributed by atoms with Gasteiger partial charge in [-0.3, -0.25) is 9.59 Å². The Morgan fingerprint density at radius 3 is 2.74 bits per heavy atom. The van der Waals surface area contributed by atoms with Gasteiger partial charge in [-0.05, 0) is 43.3 Å². The van der Waals surface area contributed by atoms with Gasteiger partial charge < -0.3 is 15.1 Å². The number of piperidine rings is 1. The SMILES string of the molecule is CN(C)CCNC(=O)C1CCCN(C(=O)Cc2cccc3ccccc23)C1. The van der Waals surface area contributed by atoms with E-state index in [0.717, 1.165) is 42.3 Å². The molecule has 1 unspecified atom stereocenters. The van der Waals surface area contributed by atoms with Gasteiger partial charge in [-0.2, -0.15) is 0 Å². The highest BCUT2D eigenvalue weighted by Gasteiger charge is 2.28. The predicted octanol–water partition coefficient (Wildman–Crippen LogP) is 2.30. The minimum atomic E-state index is -0.0996. The number of rotatable bonds is 6. The molecule has 0 bridgehead atoms. The van der Waals surface area contributed by atoms with E-state index in [-0.39, 0.29) is 17.7 Å². The van der Waals surface area contributed by atoms with Crippen molar-refractivity contribution in [2.45, 2.75) is 19.3 Å². The fourth-order valence-corrected chi connectivity index (χ4v) is 3.69. The van der Waals surface area contributed by atoms with E-state index in [1.54, 1.807) is 0 Å². The monoisotopic (exact) mass is 367 g/mol. The molecule has 2 aromatic rings. The number of amides is 2. The molecule has 0 radical (unpaired) electrons. The van der Waals surface area contributed by atoms with Crippen LogP contribution in [0.25, 0.3) is 10.8 Å². The van der Waals surface area contributed by atoms with Crippen LogP contribution in [0.2, 0.25) is 0 Å². The Morgan fingerprint density at radius 2 is 1.93 bits per heavy atom. The number of likely N-dealkylation sites (tertiary alicyclic amines) is 1. The third-order valence-electron chi connectivity index (χ3n) is 5.22. The molecule has 5 nitrogen and oxygen atoms in total. The Balaban J connectivity index is 1.60. The molecule has 1 heterocycles. The van der Waals surface area contributed by atoms with Crippen molar-refractivity contribution in [2.75, 3.05) is 40.3 Å². The first kappa shape index (κ1) is 19.4. The van der Waals surface area contributed by atoms with Gasteiger partial charge >= 0.3 is 0 Å². The number of carbonyl (C=O) groups excluding carboxylic acids is 2. The fourth-order valence-electron chi connectivity index (χ4n) is 3.69. The fraction of sp³-hybridized carbons (Fsp3) is 0.455. The maximum atomic E-state index is 12.9. The van der Waals surface area contributed by atoms with Crippen LogP contribution in [-0.4, -0.2) is 61.9 Å². The number of fused-ring (bicyclic) bond motifs is 1. The minimum Gasteiger partial charge on any atom is -0.355 e. The number of benzene rings is 2. The molecule has 0 saturated carbocycles. The van der Waals surface area contributed by atoms with Crippen molar-refractivity contribution in [3.8, 4) is 0 Å². The lowest BCUT2D eigenvalue weighted by Gasteiger charge is -2.32. The van der Waals surface area contributed by atoms with E-state index in [9.17, 15) is 9.59 Å². The first-order valence-corrected chi connectivity index (χ1v) is 9.71. The quantitative estimate of drug-likeness (QED) is 0.852. The van der Waals surface area contributed by atoms with Crippen molar-refractivity contribution in [3.63, 3.8) is 0 Å². The summed E-state index contributed by atoms with van der Waals surface area (Å²) in [6.45, 7) is 2.73. The number of carbonyl (C=O) groups is 2. The Bertz CT molecular complexity index is 798. The van der Waals surface area contributed by atoms with Crippen LogP contribution in [0.5, 0.6) is 0 Å². The Morgan fingerprint density at radius 1 is 1.15 bits per heavy atom. The molecule has 0 spiro atoms. The lowest BCUT2D eigenvalue weighted by atomic mass is 9.96. The summed E-state index contributed by atoms with van der Waals surface area (Å²) in [6.07, 6.45) is 2.12. The molecule has 144 valence electrons. The second-order valence-electron chi connectivity index (χ2n) is 7.59. The van der Waals surface area contributed by atoms with Crippen molar-refractivity contribution in [2.24, 2.45) is 5.92 Å². The zero-order valence-electron chi connectivity index (χ0n) is 16.3. The van der Waals surface area contributed by atoms with Crippen LogP contribution in [0.15, 0.2) is 42.5 Å². The summed E-state index contributed by atoms with van der Waals surface area (Å²) < 4.78 is 0. The van der Waals surface area contributed by atoms with Crippen LogP contribution >= 0.6 is 0 Å². The summed E-state index contributed by atoms with van der Waals surface area (Å²) in [6, 6.07) is 14.2. The number of likely N-dealkylation sites (N-methyl/N-ethyl adjacent to an activating group) is 1. The molecule has 2 aromatic carbocycles. The molecule has 0 aromatic heterocycles. The summed E-state index contributed by atoms with van der Waals surface area (Å²) in [5, 5.41) is 5.28. The molecule has 2 amide bonds. The van der Waals surface area contributed by atoms with Gasteiger partial charge in [0, 0.05) is 26.2 Å². The summed E-state index contributed by atoms with van der Waals surface area (Å²) >= 11 is 0. The topological polar surface area (TPSA) is 52.7 Å². The third kappa shape index (κ3) is 5.07. The largest absolute Gasteiger partial charge is 0.355 e. The lowest BCUT2D eigenvalue weighted by Crippen LogP contribution is -2.46. The lowest BCUT2D eigenvalue weighted by molar-refractivity contribution is -0.135. The Kier molecular flexibility index (Phi) is 6.45. The number of nitrogens with zero attached hydrogens (tertiary/aromatic N) is 2. The van der Waals surface area contributed by atoms with Gasteiger partial charge in [0.05, 0.1) is 12.3 Å². The molecule has 1 aliphatic rings. The van der Waals surface area contributed by atoms with Crippen molar-refractivity contribution < 1.29 is 9.59 Å². The van der Waals surface area contributed by atoms with Gasteiger partial charge in [0.1, 0.15) is 0 Å². The van der Waals surface area contributed by atoms with Crippen molar-refractivity contribution >= 4 is 22.6 Å². The Hall–Kier alpha value is -2.40. The summed E-state index contributed by atoms with van der Waals surface area (Å²) in [5.41, 5.74) is 1.05. The first-order valence-electron chi connectivity index (χ1n) is 9.71. The molecule has 1 N–H and O–H groups in total. The molecular formula is C22H29N3O2. The smallest absolute Gasteiger partial charge is 0.227 e. The first-order chi connectivity index (χ1) is 13.0. The van der Waals surface area contributed by atoms with Gasteiger partial charge in [-0.1, -0.05) is 42.5 Å². The summed E-state index contributed by atoms with van der Waals surface area (Å²) in [5.74, 6) is 0.0778. The summed E-state index contributed by atoms with van der Waals surface area (Å²) in [4.78, 5) is 29.2. The third-order valence-corrected chi connectivity index (χ3v) is 5.22. The maximum Gasteiger partial charge on any atom is 0.227 e. The van der Waals surface area contributed by atoms with Gasteiger partial charge in [-0.25, -0.2) is 0 Å². The predicted molar refractivity (Wildman–Crippen MR) is 109 cm³/mol. The van der Waals surface area contributed by atoms with E-state index in [2.05, 4.69) is 23.5 Å². The highest BCUT2D eigenvalue weighted by Crippen LogP contribution is 2.22. The Labute approximate surface area is 161 Å². The second-order valence-corrected chi connectivity index (χ2v) is 7.59. The van der Waals surface area contributed by atoms with Crippen LogP contribution < -0.4 is 5.32 Å². The average molecular weight is 367 g/mol. The highest BCUT2D eigenvalue weighted by molar-refractivity contribution is 5.90. The molecule has 27 heavy (non-hydrogen) atoms. The van der Waals surface area contributed by atoms with Crippen LogP contribution in [-0.2, 0) is 16.0 Å². The molecule has 1 saturated heterocycles. The van der Waals surface area contributed by atoms with Crippen molar-refractivity contribution in [1.82, 2.24) is 15.1 Å². The van der Waals surface area contributed by atoms with E-state index in [4.69, 9.17) is 0 Å². The zero-order valence-corrected chi connectivity index (χ0v) is 16.3. The molecule has 5 heteroatoms. The van der Waals surface area contributed by atoms with E-state index in [0.29, 0.717) is 19.5 Å². The van der Waals surface area contributed by atoms with Gasteiger partial charge in [-0.15, -0.1) is 0 Å². The zero-order chi connectivity index (χ0) is 19.2. The van der Waals surface area contributed by atoms with E-state index < -0.39 is 0 Å². The van der Waals surface area contributed by atoms with Crippen LogP contribution in [0.1, 0.15) is 18.4 Å². The van der Waals surface area contributed by atoms with Gasteiger partial charge in [0.2, 0.25) is 11.8 Å². The molecule has 3 rings (SSSR count).